The molecule has 13 heteroatoms. The molecule has 24 heavy (non-hydrogen) atoms. The molecule has 0 spiro atoms. The number of nitrogen functional groups attached to an aromatic ring is 1. The quantitative estimate of drug-likeness (QED) is 0.313. The number of imidazole rings is 1. The molecule has 2 heterocycles. The summed E-state index contributed by atoms with van der Waals surface area (Å²) < 4.78 is 16.7. The van der Waals surface area contributed by atoms with E-state index in [1.165, 1.54) is 10.9 Å². The van der Waals surface area contributed by atoms with Gasteiger partial charge in [0.2, 0.25) is 5.95 Å². The van der Waals surface area contributed by atoms with Gasteiger partial charge in [-0.1, -0.05) is 0 Å². The van der Waals surface area contributed by atoms with Crippen LogP contribution in [0.3, 0.4) is 0 Å². The first-order valence-corrected chi connectivity index (χ1v) is 8.02. The Morgan fingerprint density at radius 2 is 2.25 bits per heavy atom. The van der Waals surface area contributed by atoms with Gasteiger partial charge in [0, 0.05) is 11.6 Å². The minimum atomic E-state index is -4.62. The van der Waals surface area contributed by atoms with E-state index in [4.69, 9.17) is 15.5 Å². The fourth-order valence-corrected chi connectivity index (χ4v) is 2.68. The van der Waals surface area contributed by atoms with Crippen LogP contribution in [0, 0.1) is 5.41 Å². The van der Waals surface area contributed by atoms with Crippen LogP contribution in [0.1, 0.15) is 6.42 Å². The number of nitrogens with zero attached hydrogens (tertiary/aromatic N) is 3. The Balaban J connectivity index is 0.00000208. The number of aromatic nitrogens is 4. The van der Waals surface area contributed by atoms with Crippen molar-refractivity contribution in [2.75, 3.05) is 18.9 Å². The van der Waals surface area contributed by atoms with Gasteiger partial charge in [0.1, 0.15) is 6.33 Å². The molecule has 1 fully saturated rings. The number of H-pyrrole nitrogens is 1. The molecule has 1 atom stereocenters. The average molecular weight is 351 g/mol. The molecular formula is C11H15LiN5O6P. The van der Waals surface area contributed by atoms with E-state index in [0.717, 1.165) is 0 Å². The van der Waals surface area contributed by atoms with Crippen LogP contribution in [0.5, 0.6) is 0 Å². The number of aliphatic hydroxyl groups excluding tert-OH is 1. The van der Waals surface area contributed by atoms with Crippen LogP contribution in [0.15, 0.2) is 16.7 Å². The second-order valence-electron chi connectivity index (χ2n) is 5.31. The van der Waals surface area contributed by atoms with Crippen molar-refractivity contribution < 1.29 is 24.0 Å². The van der Waals surface area contributed by atoms with Gasteiger partial charge in [-0.25, -0.2) is 9.55 Å². The zero-order valence-corrected chi connectivity index (χ0v) is 12.6. The van der Waals surface area contributed by atoms with Gasteiger partial charge in [-0.05, 0) is 12.0 Å². The van der Waals surface area contributed by atoms with Gasteiger partial charge in [0.15, 0.2) is 11.2 Å². The SMILES string of the molecule is Nc1nc2c(ncn2/C=C2/C[C@]2(CO)COP(=O)(O)O)c(=O)[nH]1.[LiH]. The van der Waals surface area contributed by atoms with Crippen molar-refractivity contribution in [3.05, 3.63) is 22.3 Å². The second-order valence-corrected chi connectivity index (χ2v) is 6.55. The van der Waals surface area contributed by atoms with Gasteiger partial charge in [-0.3, -0.25) is 18.9 Å². The third-order valence-electron chi connectivity index (χ3n) is 3.64. The van der Waals surface area contributed by atoms with Gasteiger partial charge in [0.25, 0.3) is 5.56 Å². The van der Waals surface area contributed by atoms with Gasteiger partial charge in [0.05, 0.1) is 13.2 Å². The van der Waals surface area contributed by atoms with Crippen molar-refractivity contribution >= 4 is 50.0 Å². The number of phosphoric ester groups is 1. The van der Waals surface area contributed by atoms with Gasteiger partial charge in [-0.2, -0.15) is 4.98 Å². The average Bonchev–Trinajstić information content (AvgIpc) is 3.00. The molecule has 0 amide bonds. The summed E-state index contributed by atoms with van der Waals surface area (Å²) in [6.45, 7) is -0.649. The second kappa shape index (κ2) is 6.46. The van der Waals surface area contributed by atoms with Crippen LogP contribution in [0.2, 0.25) is 0 Å². The van der Waals surface area contributed by atoms with Crippen molar-refractivity contribution in [3.63, 3.8) is 0 Å². The van der Waals surface area contributed by atoms with Crippen molar-refractivity contribution in [2.45, 2.75) is 6.42 Å². The standard InChI is InChI=1S/C11H14N5O6P.Li.H/c12-10-14-8-7(9(18)15-10)13-5-16(8)2-6-1-11(6,3-17)4-22-23(19,20)21;;/h2,5,17H,1,3-4H2,(H2,19,20,21)(H3,12,14,15,18);;/b6-2-;;/t11-;;/m0../s1. The molecule has 1 aliphatic carbocycles. The van der Waals surface area contributed by atoms with Gasteiger partial charge < -0.3 is 20.6 Å². The Bertz CT molecular complexity index is 904. The van der Waals surface area contributed by atoms with E-state index >= 15 is 0 Å². The molecule has 0 radical (unpaired) electrons. The van der Waals surface area contributed by atoms with E-state index in [-0.39, 0.29) is 49.2 Å². The number of hydrogen-bond acceptors (Lipinski definition) is 7. The number of aliphatic hydroxyl groups is 1. The minimum absolute atomic E-state index is 0. The van der Waals surface area contributed by atoms with Crippen LogP contribution < -0.4 is 11.3 Å². The summed E-state index contributed by atoms with van der Waals surface area (Å²) >= 11 is 0. The number of nitrogens with two attached hydrogens (primary N) is 1. The Morgan fingerprint density at radius 1 is 1.54 bits per heavy atom. The Kier molecular flexibility index (Phi) is 5.08. The van der Waals surface area contributed by atoms with Crippen LogP contribution >= 0.6 is 7.82 Å². The summed E-state index contributed by atoms with van der Waals surface area (Å²) in [6, 6.07) is 0. The molecule has 1 saturated carbocycles. The Morgan fingerprint density at radius 3 is 2.88 bits per heavy atom. The topological polar surface area (TPSA) is 177 Å². The molecule has 0 unspecified atom stereocenters. The predicted octanol–water partition coefficient (Wildman–Crippen LogP) is -1.61. The first-order chi connectivity index (χ1) is 10.7. The molecule has 0 aromatic carbocycles. The van der Waals surface area contributed by atoms with Crippen molar-refractivity contribution in [2.24, 2.45) is 5.41 Å². The maximum absolute atomic E-state index is 11.7. The molecule has 2 aromatic rings. The number of aromatic amines is 1. The monoisotopic (exact) mass is 351 g/mol. The normalized spacial score (nSPS) is 21.9. The Labute approximate surface area is 147 Å². The molecule has 6 N–H and O–H groups in total. The van der Waals surface area contributed by atoms with Gasteiger partial charge >= 0.3 is 26.7 Å². The molecule has 1 aliphatic rings. The van der Waals surface area contributed by atoms with E-state index in [1.807, 2.05) is 0 Å². The number of fused-ring (bicyclic) bond motifs is 1. The van der Waals surface area contributed by atoms with E-state index in [2.05, 4.69) is 19.5 Å². The molecule has 0 aliphatic heterocycles. The van der Waals surface area contributed by atoms with E-state index < -0.39 is 18.8 Å². The molecule has 0 saturated heterocycles. The van der Waals surface area contributed by atoms with E-state index in [0.29, 0.717) is 12.0 Å². The van der Waals surface area contributed by atoms with Crippen LogP contribution in [-0.2, 0) is 9.09 Å². The van der Waals surface area contributed by atoms with E-state index in [1.54, 1.807) is 6.20 Å². The van der Waals surface area contributed by atoms with Crippen LogP contribution in [0.25, 0.3) is 17.4 Å². The molecule has 3 rings (SSSR count). The first-order valence-electron chi connectivity index (χ1n) is 6.48. The Hall–Kier alpha value is -1.44. The summed E-state index contributed by atoms with van der Waals surface area (Å²) in [5, 5.41) is 9.46. The zero-order valence-electron chi connectivity index (χ0n) is 11.7. The summed E-state index contributed by atoms with van der Waals surface area (Å²) in [4.78, 5) is 39.5. The zero-order chi connectivity index (χ0) is 16.8. The number of anilines is 1. The van der Waals surface area contributed by atoms with Crippen molar-refractivity contribution in [1.82, 2.24) is 19.5 Å². The molecular weight excluding hydrogens is 336 g/mol. The molecule has 126 valence electrons. The maximum atomic E-state index is 11.7. The van der Waals surface area contributed by atoms with E-state index in [9.17, 15) is 14.5 Å². The predicted molar refractivity (Wildman–Crippen MR) is 86.1 cm³/mol. The number of phosphoric acid groups is 1. The van der Waals surface area contributed by atoms with Gasteiger partial charge in [-0.15, -0.1) is 0 Å². The molecule has 2 aromatic heterocycles. The van der Waals surface area contributed by atoms with Crippen molar-refractivity contribution in [3.8, 4) is 0 Å². The number of nitrogens with one attached hydrogen (secondary N) is 1. The molecule has 0 bridgehead atoms. The summed E-state index contributed by atoms with van der Waals surface area (Å²) in [5.41, 5.74) is 5.21. The van der Waals surface area contributed by atoms with Crippen LogP contribution in [-0.4, -0.2) is 66.5 Å². The number of hydrogen-bond donors (Lipinski definition) is 5. The molecule has 11 nitrogen and oxygen atoms in total. The third kappa shape index (κ3) is 3.63. The summed E-state index contributed by atoms with van der Waals surface area (Å²) in [5.74, 6) is -0.0586. The third-order valence-corrected chi connectivity index (χ3v) is 4.11. The van der Waals surface area contributed by atoms with Crippen molar-refractivity contribution in [1.29, 1.82) is 0 Å². The first kappa shape index (κ1) is 18.9. The van der Waals surface area contributed by atoms with Crippen LogP contribution in [0.4, 0.5) is 5.95 Å². The fraction of sp³-hybridized carbons (Fsp3) is 0.364. The summed E-state index contributed by atoms with van der Waals surface area (Å²) in [7, 11) is -4.62. The fourth-order valence-electron chi connectivity index (χ4n) is 2.26. The number of rotatable bonds is 5. The summed E-state index contributed by atoms with van der Waals surface area (Å²) in [6.07, 6.45) is 3.34.